The highest BCUT2D eigenvalue weighted by Gasteiger charge is 2.14. The van der Waals surface area contributed by atoms with E-state index in [-0.39, 0.29) is 11.0 Å². The molecule has 0 unspecified atom stereocenters. The van der Waals surface area contributed by atoms with E-state index in [9.17, 15) is 4.39 Å². The molecule has 1 heterocycles. The first-order chi connectivity index (χ1) is 8.17. The second-order valence-electron chi connectivity index (χ2n) is 3.43. The monoisotopic (exact) mass is 268 g/mol. The molecule has 2 rings (SSSR count). The molecule has 2 nitrogen and oxygen atoms in total. The molecule has 0 N–H and O–H groups in total. The van der Waals surface area contributed by atoms with Crippen molar-refractivity contribution in [3.63, 3.8) is 0 Å². The Morgan fingerprint density at radius 1 is 1.29 bits per heavy atom. The van der Waals surface area contributed by atoms with Crippen LogP contribution in [0.15, 0.2) is 30.6 Å². The molecule has 1 aromatic heterocycles. The Kier molecular flexibility index (Phi) is 3.37. The molecule has 0 atom stereocenters. The minimum Gasteiger partial charge on any atom is -0.338 e. The molecular weight excluding hydrogens is 262 g/mol. The minimum absolute atomic E-state index is 0.0324. The van der Waals surface area contributed by atoms with Crippen molar-refractivity contribution in [1.29, 1.82) is 5.26 Å². The van der Waals surface area contributed by atoms with E-state index in [1.165, 1.54) is 6.07 Å². The number of nitrogens with zero attached hydrogens (tertiary/aromatic N) is 2. The van der Waals surface area contributed by atoms with Crippen LogP contribution in [0.3, 0.4) is 0 Å². The van der Waals surface area contributed by atoms with Gasteiger partial charge in [-0.05, 0) is 6.07 Å². The lowest BCUT2D eigenvalue weighted by atomic mass is 10.1. The molecule has 0 aliphatic rings. The third-order valence-electron chi connectivity index (χ3n) is 2.38. The summed E-state index contributed by atoms with van der Waals surface area (Å²) in [6.45, 7) is 0. The van der Waals surface area contributed by atoms with Crippen LogP contribution in [0.5, 0.6) is 0 Å². The molecule has 0 aliphatic carbocycles. The first kappa shape index (κ1) is 12.0. The average Bonchev–Trinajstić information content (AvgIpc) is 2.76. The van der Waals surface area contributed by atoms with Crippen molar-refractivity contribution in [2.45, 2.75) is 6.00 Å². The molecule has 0 bridgehead atoms. The van der Waals surface area contributed by atoms with Crippen LogP contribution >= 0.6 is 23.2 Å². The predicted molar refractivity (Wildman–Crippen MR) is 65.4 cm³/mol. The number of alkyl halides is 1. The zero-order valence-electron chi connectivity index (χ0n) is 8.62. The maximum atomic E-state index is 13.8. The molecule has 2 aromatic rings. The molecule has 0 saturated carbocycles. The van der Waals surface area contributed by atoms with Gasteiger partial charge in [0.2, 0.25) is 0 Å². The van der Waals surface area contributed by atoms with Gasteiger partial charge in [-0.1, -0.05) is 23.7 Å². The molecule has 5 heteroatoms. The van der Waals surface area contributed by atoms with E-state index in [1.807, 2.05) is 6.07 Å². The molecule has 0 saturated heterocycles. The molecule has 0 aliphatic heterocycles. The first-order valence-corrected chi connectivity index (χ1v) is 5.69. The van der Waals surface area contributed by atoms with Crippen LogP contribution in [-0.4, -0.2) is 4.57 Å². The van der Waals surface area contributed by atoms with Crippen molar-refractivity contribution >= 4 is 23.2 Å². The van der Waals surface area contributed by atoms with Crippen molar-refractivity contribution < 1.29 is 4.39 Å². The largest absolute Gasteiger partial charge is 0.338 e. The second-order valence-corrected chi connectivity index (χ2v) is 4.08. The van der Waals surface area contributed by atoms with Crippen molar-refractivity contribution in [1.82, 2.24) is 4.57 Å². The average molecular weight is 269 g/mol. The smallest absolute Gasteiger partial charge is 0.149 e. The number of rotatable bonds is 2. The van der Waals surface area contributed by atoms with Gasteiger partial charge in [0.15, 0.2) is 0 Å². The Morgan fingerprint density at radius 3 is 2.71 bits per heavy atom. The van der Waals surface area contributed by atoms with Crippen LogP contribution in [0.25, 0.3) is 11.1 Å². The van der Waals surface area contributed by atoms with Gasteiger partial charge >= 0.3 is 0 Å². The highest BCUT2D eigenvalue weighted by molar-refractivity contribution is 6.31. The number of hydrogen-bond acceptors (Lipinski definition) is 1. The van der Waals surface area contributed by atoms with E-state index >= 15 is 0 Å². The highest BCUT2D eigenvalue weighted by atomic mass is 35.5. The summed E-state index contributed by atoms with van der Waals surface area (Å²) in [4.78, 5) is 0. The van der Waals surface area contributed by atoms with Crippen molar-refractivity contribution in [3.05, 3.63) is 47.0 Å². The number of nitriles is 1. The fraction of sp³-hybridized carbons (Fsp3) is 0.0833. The normalized spacial score (nSPS) is 10.2. The molecule has 17 heavy (non-hydrogen) atoms. The molecule has 0 fully saturated rings. The topological polar surface area (TPSA) is 28.7 Å². The van der Waals surface area contributed by atoms with Gasteiger partial charge in [0, 0.05) is 23.5 Å². The zero-order chi connectivity index (χ0) is 12.4. The van der Waals surface area contributed by atoms with Crippen LogP contribution < -0.4 is 0 Å². The van der Waals surface area contributed by atoms with Gasteiger partial charge < -0.3 is 4.57 Å². The van der Waals surface area contributed by atoms with E-state index in [4.69, 9.17) is 28.5 Å². The van der Waals surface area contributed by atoms with Crippen molar-refractivity contribution in [3.8, 4) is 17.2 Å². The summed E-state index contributed by atoms with van der Waals surface area (Å²) in [5.74, 6) is -0.530. The fourth-order valence-electron chi connectivity index (χ4n) is 1.59. The lowest BCUT2D eigenvalue weighted by Gasteiger charge is -2.02. The standard InChI is InChI=1S/C12H7Cl2FN2/c13-7-17-5-8(4-16)10(6-17)9-2-1-3-11(14)12(9)15/h1-3,5-6H,7H2. The van der Waals surface area contributed by atoms with E-state index in [0.29, 0.717) is 16.7 Å². The number of aromatic nitrogens is 1. The quantitative estimate of drug-likeness (QED) is 0.757. The van der Waals surface area contributed by atoms with Crippen molar-refractivity contribution in [2.75, 3.05) is 0 Å². The molecule has 0 spiro atoms. The van der Waals surface area contributed by atoms with Crippen LogP contribution in [0.1, 0.15) is 5.56 Å². The second kappa shape index (κ2) is 4.79. The number of halogens is 3. The van der Waals surface area contributed by atoms with E-state index in [0.717, 1.165) is 0 Å². The summed E-state index contributed by atoms with van der Waals surface area (Å²) in [6, 6.07) is 6.89. The Balaban J connectivity index is 2.64. The lowest BCUT2D eigenvalue weighted by molar-refractivity contribution is 0.631. The summed E-state index contributed by atoms with van der Waals surface area (Å²) in [7, 11) is 0. The third-order valence-corrected chi connectivity index (χ3v) is 2.95. The van der Waals surface area contributed by atoms with E-state index < -0.39 is 5.82 Å². The Labute approximate surface area is 108 Å². The van der Waals surface area contributed by atoms with Crippen molar-refractivity contribution in [2.24, 2.45) is 0 Å². The molecular formula is C12H7Cl2FN2. The van der Waals surface area contributed by atoms with Gasteiger partial charge in [0.1, 0.15) is 11.9 Å². The van der Waals surface area contributed by atoms with Gasteiger partial charge in [-0.3, -0.25) is 0 Å². The fourth-order valence-corrected chi connectivity index (χ4v) is 1.91. The summed E-state index contributed by atoms with van der Waals surface area (Å²) >= 11 is 11.4. The maximum absolute atomic E-state index is 13.8. The molecule has 1 aromatic carbocycles. The maximum Gasteiger partial charge on any atom is 0.149 e. The van der Waals surface area contributed by atoms with Gasteiger partial charge in [0.05, 0.1) is 16.6 Å². The molecule has 86 valence electrons. The van der Waals surface area contributed by atoms with Gasteiger partial charge in [-0.15, -0.1) is 11.6 Å². The summed E-state index contributed by atoms with van der Waals surface area (Å²) in [5, 5.41) is 9.02. The van der Waals surface area contributed by atoms with Crippen LogP contribution in [-0.2, 0) is 6.00 Å². The van der Waals surface area contributed by atoms with Gasteiger partial charge in [0.25, 0.3) is 0 Å². The highest BCUT2D eigenvalue weighted by Crippen LogP contribution is 2.30. The van der Waals surface area contributed by atoms with Gasteiger partial charge in [-0.2, -0.15) is 5.26 Å². The Hall–Kier alpha value is -1.50. The lowest BCUT2D eigenvalue weighted by Crippen LogP contribution is -1.86. The Morgan fingerprint density at radius 2 is 2.06 bits per heavy atom. The summed E-state index contributed by atoms with van der Waals surface area (Å²) < 4.78 is 15.4. The molecule has 0 radical (unpaired) electrons. The third kappa shape index (κ3) is 2.14. The first-order valence-electron chi connectivity index (χ1n) is 4.77. The molecule has 0 amide bonds. The summed E-state index contributed by atoms with van der Waals surface area (Å²) in [6.07, 6.45) is 3.20. The van der Waals surface area contributed by atoms with E-state index in [1.54, 1.807) is 29.1 Å². The number of benzene rings is 1. The summed E-state index contributed by atoms with van der Waals surface area (Å²) in [5.41, 5.74) is 1.16. The Bertz CT molecular complexity index is 599. The zero-order valence-corrected chi connectivity index (χ0v) is 10.1. The minimum atomic E-state index is -0.530. The van der Waals surface area contributed by atoms with Crippen LogP contribution in [0.4, 0.5) is 4.39 Å². The van der Waals surface area contributed by atoms with Crippen LogP contribution in [0, 0.1) is 17.1 Å². The van der Waals surface area contributed by atoms with Gasteiger partial charge in [-0.25, -0.2) is 4.39 Å². The SMILES string of the molecule is N#Cc1cn(CCl)cc1-c1cccc(Cl)c1F. The van der Waals surface area contributed by atoms with Crippen LogP contribution in [0.2, 0.25) is 5.02 Å². The number of hydrogen-bond donors (Lipinski definition) is 0. The van der Waals surface area contributed by atoms with E-state index in [2.05, 4.69) is 0 Å². The predicted octanol–water partition coefficient (Wildman–Crippen LogP) is 4.02.